The van der Waals surface area contributed by atoms with Crippen LogP contribution in [0.4, 0.5) is 0 Å². The van der Waals surface area contributed by atoms with Gasteiger partial charge in [-0.15, -0.1) is 0 Å². The quantitative estimate of drug-likeness (QED) is 0.687. The molecule has 1 aromatic rings. The number of aliphatic imine (C=N–C) groups is 1. The van der Waals surface area contributed by atoms with Gasteiger partial charge in [0.15, 0.2) is 5.96 Å². The monoisotopic (exact) mass is 302 g/mol. The van der Waals surface area contributed by atoms with Crippen LogP contribution in [0.25, 0.3) is 0 Å². The van der Waals surface area contributed by atoms with Gasteiger partial charge in [0.25, 0.3) is 0 Å². The Hall–Kier alpha value is -1.78. The fourth-order valence-corrected chi connectivity index (χ4v) is 3.76. The van der Waals surface area contributed by atoms with Crippen molar-refractivity contribution < 1.29 is 4.74 Å². The first-order valence-corrected chi connectivity index (χ1v) is 8.24. The van der Waals surface area contributed by atoms with Crippen molar-refractivity contribution >= 4 is 5.96 Å². The van der Waals surface area contributed by atoms with Crippen LogP contribution < -0.4 is 10.1 Å². The molecule has 1 saturated heterocycles. The number of likely N-dealkylation sites (tertiary alicyclic amines) is 1. The molecule has 1 aliphatic carbocycles. The minimum atomic E-state index is 0.654. The summed E-state index contributed by atoms with van der Waals surface area (Å²) in [4.78, 5) is 11.0. The van der Waals surface area contributed by atoms with E-state index in [1.54, 1.807) is 13.3 Å². The number of pyridine rings is 1. The maximum absolute atomic E-state index is 5.17. The second-order valence-corrected chi connectivity index (χ2v) is 6.32. The number of nitrogens with zero attached hydrogens (tertiary/aromatic N) is 3. The normalized spacial score (nSPS) is 25.0. The number of ether oxygens (including phenoxy) is 1. The molecular formula is C17H26N4O. The average molecular weight is 302 g/mol. The Morgan fingerprint density at radius 2 is 2.09 bits per heavy atom. The van der Waals surface area contributed by atoms with E-state index in [-0.39, 0.29) is 0 Å². The van der Waals surface area contributed by atoms with Gasteiger partial charge >= 0.3 is 0 Å². The van der Waals surface area contributed by atoms with Gasteiger partial charge in [0.05, 0.1) is 7.11 Å². The zero-order chi connectivity index (χ0) is 15.4. The summed E-state index contributed by atoms with van der Waals surface area (Å²) in [5, 5.41) is 3.48. The lowest BCUT2D eigenvalue weighted by Gasteiger charge is -2.22. The fourth-order valence-electron chi connectivity index (χ4n) is 3.76. The summed E-state index contributed by atoms with van der Waals surface area (Å²) < 4.78 is 5.17. The van der Waals surface area contributed by atoms with Crippen molar-refractivity contribution in [2.45, 2.75) is 32.2 Å². The van der Waals surface area contributed by atoms with E-state index in [1.807, 2.05) is 19.2 Å². The van der Waals surface area contributed by atoms with Gasteiger partial charge in [0, 0.05) is 38.9 Å². The van der Waals surface area contributed by atoms with Crippen LogP contribution in [0.2, 0.25) is 0 Å². The Labute approximate surface area is 132 Å². The Balaban J connectivity index is 1.58. The number of aromatic nitrogens is 1. The third-order valence-corrected chi connectivity index (χ3v) is 4.95. The Morgan fingerprint density at radius 1 is 1.36 bits per heavy atom. The molecule has 1 N–H and O–H groups in total. The molecule has 1 saturated carbocycles. The average Bonchev–Trinajstić information content (AvgIpc) is 2.99. The molecule has 5 nitrogen and oxygen atoms in total. The molecule has 5 heteroatoms. The highest BCUT2D eigenvalue weighted by Crippen LogP contribution is 2.35. The second-order valence-electron chi connectivity index (χ2n) is 6.32. The summed E-state index contributed by atoms with van der Waals surface area (Å²) in [5.74, 6) is 3.41. The minimum Gasteiger partial charge on any atom is -0.481 e. The SMILES string of the molecule is CN=C(NCc1ccnc(OC)c1)N1CC2CCCCC2C1. The predicted molar refractivity (Wildman–Crippen MR) is 88.0 cm³/mol. The van der Waals surface area contributed by atoms with Gasteiger partial charge in [0.2, 0.25) is 5.88 Å². The fraction of sp³-hybridized carbons (Fsp3) is 0.647. The lowest BCUT2D eigenvalue weighted by molar-refractivity contribution is 0.299. The first-order chi connectivity index (χ1) is 10.8. The van der Waals surface area contributed by atoms with Crippen molar-refractivity contribution in [2.24, 2.45) is 16.8 Å². The third kappa shape index (κ3) is 3.34. The first kappa shape index (κ1) is 15.1. The summed E-state index contributed by atoms with van der Waals surface area (Å²) in [6, 6.07) is 3.97. The van der Waals surface area contributed by atoms with Crippen LogP contribution in [0, 0.1) is 11.8 Å². The number of nitrogens with one attached hydrogen (secondary N) is 1. The maximum Gasteiger partial charge on any atom is 0.213 e. The van der Waals surface area contributed by atoms with E-state index in [9.17, 15) is 0 Å². The summed E-state index contributed by atoms with van der Waals surface area (Å²) in [6.07, 6.45) is 7.36. The molecule has 0 spiro atoms. The van der Waals surface area contributed by atoms with E-state index in [0.717, 1.165) is 43.0 Å². The van der Waals surface area contributed by atoms with E-state index in [4.69, 9.17) is 4.74 Å². The smallest absolute Gasteiger partial charge is 0.213 e. The lowest BCUT2D eigenvalue weighted by atomic mass is 9.82. The van der Waals surface area contributed by atoms with E-state index >= 15 is 0 Å². The zero-order valence-corrected chi connectivity index (χ0v) is 13.6. The first-order valence-electron chi connectivity index (χ1n) is 8.24. The van der Waals surface area contributed by atoms with Gasteiger partial charge in [0.1, 0.15) is 0 Å². The van der Waals surface area contributed by atoms with Gasteiger partial charge in [-0.25, -0.2) is 4.98 Å². The van der Waals surface area contributed by atoms with Crippen LogP contribution >= 0.6 is 0 Å². The highest BCUT2D eigenvalue weighted by atomic mass is 16.5. The molecule has 0 aromatic carbocycles. The molecule has 0 amide bonds. The molecule has 2 unspecified atom stereocenters. The molecule has 2 fully saturated rings. The largest absolute Gasteiger partial charge is 0.481 e. The van der Waals surface area contributed by atoms with E-state index in [1.165, 1.54) is 25.7 Å². The number of fused-ring (bicyclic) bond motifs is 1. The number of hydrogen-bond donors (Lipinski definition) is 1. The lowest BCUT2D eigenvalue weighted by Crippen LogP contribution is -2.39. The zero-order valence-electron chi connectivity index (χ0n) is 13.6. The van der Waals surface area contributed by atoms with Crippen LogP contribution in [0.1, 0.15) is 31.2 Å². The standard InChI is InChI=1S/C17H26N4O/c1-18-17(20-10-13-7-8-19-16(9-13)22-2)21-11-14-5-3-4-6-15(14)12-21/h7-9,14-15H,3-6,10-12H2,1-2H3,(H,18,20). The summed E-state index contributed by atoms with van der Waals surface area (Å²) >= 11 is 0. The molecule has 1 aliphatic heterocycles. The topological polar surface area (TPSA) is 49.8 Å². The summed E-state index contributed by atoms with van der Waals surface area (Å²) in [6.45, 7) is 3.06. The molecule has 120 valence electrons. The van der Waals surface area contributed by atoms with Gasteiger partial charge in [-0.2, -0.15) is 0 Å². The number of methoxy groups -OCH3 is 1. The molecule has 2 atom stereocenters. The van der Waals surface area contributed by atoms with Crippen molar-refractivity contribution in [3.05, 3.63) is 23.9 Å². The molecule has 0 radical (unpaired) electrons. The van der Waals surface area contributed by atoms with E-state index in [2.05, 4.69) is 20.2 Å². The highest BCUT2D eigenvalue weighted by Gasteiger charge is 2.35. The molecule has 2 aliphatic rings. The van der Waals surface area contributed by atoms with Crippen molar-refractivity contribution in [3.8, 4) is 5.88 Å². The summed E-state index contributed by atoms with van der Waals surface area (Å²) in [7, 11) is 3.52. The van der Waals surface area contributed by atoms with Crippen LogP contribution in [-0.4, -0.2) is 43.1 Å². The van der Waals surface area contributed by atoms with Crippen molar-refractivity contribution in [1.82, 2.24) is 15.2 Å². The maximum atomic E-state index is 5.17. The molecule has 2 heterocycles. The predicted octanol–water partition coefficient (Wildman–Crippen LogP) is 2.29. The molecule has 22 heavy (non-hydrogen) atoms. The van der Waals surface area contributed by atoms with Gasteiger partial charge in [-0.1, -0.05) is 12.8 Å². The number of rotatable bonds is 3. The number of hydrogen-bond acceptors (Lipinski definition) is 3. The van der Waals surface area contributed by atoms with Crippen molar-refractivity contribution in [3.63, 3.8) is 0 Å². The van der Waals surface area contributed by atoms with Gasteiger partial charge < -0.3 is 15.0 Å². The van der Waals surface area contributed by atoms with Crippen LogP contribution in [-0.2, 0) is 6.54 Å². The third-order valence-electron chi connectivity index (χ3n) is 4.95. The van der Waals surface area contributed by atoms with Crippen molar-refractivity contribution in [2.75, 3.05) is 27.2 Å². The molecular weight excluding hydrogens is 276 g/mol. The van der Waals surface area contributed by atoms with Gasteiger partial charge in [-0.05, 0) is 36.3 Å². The number of guanidine groups is 1. The van der Waals surface area contributed by atoms with Crippen LogP contribution in [0.3, 0.4) is 0 Å². The highest BCUT2D eigenvalue weighted by molar-refractivity contribution is 5.80. The van der Waals surface area contributed by atoms with E-state index < -0.39 is 0 Å². The van der Waals surface area contributed by atoms with Crippen LogP contribution in [0.15, 0.2) is 23.3 Å². The van der Waals surface area contributed by atoms with E-state index in [0.29, 0.717) is 5.88 Å². The Kier molecular flexibility index (Phi) is 4.80. The van der Waals surface area contributed by atoms with Gasteiger partial charge in [-0.3, -0.25) is 4.99 Å². The Morgan fingerprint density at radius 3 is 2.73 bits per heavy atom. The van der Waals surface area contributed by atoms with Crippen LogP contribution in [0.5, 0.6) is 5.88 Å². The molecule has 1 aromatic heterocycles. The summed E-state index contributed by atoms with van der Waals surface area (Å²) in [5.41, 5.74) is 1.16. The second kappa shape index (κ2) is 6.99. The molecule has 3 rings (SSSR count). The molecule has 0 bridgehead atoms. The Bertz CT molecular complexity index is 517. The van der Waals surface area contributed by atoms with Crippen molar-refractivity contribution in [1.29, 1.82) is 0 Å². The minimum absolute atomic E-state index is 0.654.